The maximum absolute atomic E-state index is 3.33. The smallest absolute Gasteiger partial charge is 0.00388 e. The third-order valence-electron chi connectivity index (χ3n) is 3.09. The lowest BCUT2D eigenvalue weighted by atomic mass is 9.93. The fraction of sp³-hybridized carbons (Fsp3) is 0.667. The maximum Gasteiger partial charge on any atom is -0.00388 e. The van der Waals surface area contributed by atoms with Crippen LogP contribution in [0, 0.1) is 17.8 Å². The van der Waals surface area contributed by atoms with Crippen molar-refractivity contribution in [1.82, 2.24) is 0 Å². The normalized spacial score (nSPS) is 15.1. The Hall–Kier alpha value is -0.740. The molecular weight excluding hydrogens is 180 g/mol. The Morgan fingerprint density at radius 3 is 2.20 bits per heavy atom. The molecule has 0 N–H and O–H groups in total. The SMILES string of the molecule is CC=C=C(C=CC(C)C(C)C)C(C)CC. The molecule has 0 spiro atoms. The van der Waals surface area contributed by atoms with Crippen molar-refractivity contribution in [1.29, 1.82) is 0 Å². The minimum Gasteiger partial charge on any atom is -0.122 e. The van der Waals surface area contributed by atoms with Crippen LogP contribution in [0.5, 0.6) is 0 Å². The molecule has 0 fully saturated rings. The predicted octanol–water partition coefficient (Wildman–Crippen LogP) is 4.98. The molecule has 0 aromatic carbocycles. The van der Waals surface area contributed by atoms with Gasteiger partial charge >= 0.3 is 0 Å². The molecule has 0 aliphatic rings. The summed E-state index contributed by atoms with van der Waals surface area (Å²) < 4.78 is 0. The van der Waals surface area contributed by atoms with Gasteiger partial charge in [0.05, 0.1) is 0 Å². The molecule has 0 amide bonds. The van der Waals surface area contributed by atoms with E-state index in [0.717, 1.165) is 0 Å². The molecule has 0 aromatic rings. The molecular formula is C15H26. The quantitative estimate of drug-likeness (QED) is 0.439. The van der Waals surface area contributed by atoms with Crippen LogP contribution in [0.25, 0.3) is 0 Å². The molecule has 0 bridgehead atoms. The van der Waals surface area contributed by atoms with Crippen molar-refractivity contribution in [2.75, 3.05) is 0 Å². The van der Waals surface area contributed by atoms with Crippen LogP contribution in [0.3, 0.4) is 0 Å². The first-order valence-corrected chi connectivity index (χ1v) is 6.12. The molecule has 0 aliphatic carbocycles. The molecule has 0 heteroatoms. The Balaban J connectivity index is 4.64. The van der Waals surface area contributed by atoms with Crippen LogP contribution in [0.15, 0.2) is 29.5 Å². The van der Waals surface area contributed by atoms with Crippen LogP contribution in [0.4, 0.5) is 0 Å². The Kier molecular flexibility index (Phi) is 7.17. The number of hydrogen-bond acceptors (Lipinski definition) is 0. The van der Waals surface area contributed by atoms with E-state index in [0.29, 0.717) is 17.8 Å². The van der Waals surface area contributed by atoms with Crippen molar-refractivity contribution in [3.63, 3.8) is 0 Å². The summed E-state index contributed by atoms with van der Waals surface area (Å²) in [6.45, 7) is 13.3. The van der Waals surface area contributed by atoms with Crippen molar-refractivity contribution >= 4 is 0 Å². The first-order valence-electron chi connectivity index (χ1n) is 6.12. The van der Waals surface area contributed by atoms with E-state index < -0.39 is 0 Å². The zero-order valence-corrected chi connectivity index (χ0v) is 11.2. The molecule has 15 heavy (non-hydrogen) atoms. The molecule has 0 aliphatic heterocycles. The molecule has 0 heterocycles. The number of hydrogen-bond donors (Lipinski definition) is 0. The first kappa shape index (κ1) is 14.3. The molecule has 0 saturated carbocycles. The lowest BCUT2D eigenvalue weighted by molar-refractivity contribution is 0.503. The minimum atomic E-state index is 0.608. The molecule has 0 nitrogen and oxygen atoms in total. The second-order valence-electron chi connectivity index (χ2n) is 4.66. The highest BCUT2D eigenvalue weighted by atomic mass is 14.1. The minimum absolute atomic E-state index is 0.608. The molecule has 2 atom stereocenters. The van der Waals surface area contributed by atoms with E-state index in [1.807, 2.05) is 13.0 Å². The average molecular weight is 206 g/mol. The summed E-state index contributed by atoms with van der Waals surface area (Å²) in [5, 5.41) is 0. The second kappa shape index (κ2) is 7.54. The number of allylic oxidation sites excluding steroid dienone is 3. The van der Waals surface area contributed by atoms with Gasteiger partial charge in [-0.25, -0.2) is 0 Å². The summed E-state index contributed by atoms with van der Waals surface area (Å²) in [5.74, 6) is 1.96. The summed E-state index contributed by atoms with van der Waals surface area (Å²) in [6.07, 6.45) is 7.74. The zero-order valence-electron chi connectivity index (χ0n) is 11.2. The fourth-order valence-electron chi connectivity index (χ4n) is 1.22. The molecule has 0 rings (SSSR count). The molecule has 0 saturated heterocycles. The van der Waals surface area contributed by atoms with Gasteiger partial charge in [0.2, 0.25) is 0 Å². The van der Waals surface area contributed by atoms with Crippen LogP contribution in [0.2, 0.25) is 0 Å². The van der Waals surface area contributed by atoms with Gasteiger partial charge in [-0.2, -0.15) is 0 Å². The monoisotopic (exact) mass is 206 g/mol. The van der Waals surface area contributed by atoms with Crippen LogP contribution in [0.1, 0.15) is 48.0 Å². The highest BCUT2D eigenvalue weighted by Gasteiger charge is 2.05. The first-order chi connectivity index (χ1) is 7.02. The zero-order chi connectivity index (χ0) is 11.8. The van der Waals surface area contributed by atoms with E-state index in [4.69, 9.17) is 0 Å². The molecule has 2 unspecified atom stereocenters. The van der Waals surface area contributed by atoms with E-state index >= 15 is 0 Å². The van der Waals surface area contributed by atoms with Crippen LogP contribution >= 0.6 is 0 Å². The van der Waals surface area contributed by atoms with Crippen molar-refractivity contribution in [3.05, 3.63) is 29.5 Å². The van der Waals surface area contributed by atoms with Crippen molar-refractivity contribution in [3.8, 4) is 0 Å². The van der Waals surface area contributed by atoms with Crippen LogP contribution in [-0.2, 0) is 0 Å². The summed E-state index contributed by atoms with van der Waals surface area (Å²) in [6, 6.07) is 0. The lowest BCUT2D eigenvalue weighted by Gasteiger charge is -2.12. The van der Waals surface area contributed by atoms with E-state index in [-0.39, 0.29) is 0 Å². The van der Waals surface area contributed by atoms with Gasteiger partial charge in [0.25, 0.3) is 0 Å². The number of rotatable bonds is 5. The van der Waals surface area contributed by atoms with Gasteiger partial charge in [-0.3, -0.25) is 0 Å². The summed E-state index contributed by atoms with van der Waals surface area (Å²) in [7, 11) is 0. The van der Waals surface area contributed by atoms with Crippen LogP contribution < -0.4 is 0 Å². The topological polar surface area (TPSA) is 0 Å². The fourth-order valence-corrected chi connectivity index (χ4v) is 1.22. The third-order valence-corrected chi connectivity index (χ3v) is 3.09. The van der Waals surface area contributed by atoms with E-state index in [2.05, 4.69) is 52.5 Å². The standard InChI is InChI=1S/C15H26/c1-7-9-15(13(5)8-2)11-10-14(6)12(3)4/h7,10-14H,8H2,1-6H3. The van der Waals surface area contributed by atoms with Gasteiger partial charge in [0.1, 0.15) is 0 Å². The largest absolute Gasteiger partial charge is 0.122 e. The highest BCUT2D eigenvalue weighted by Crippen LogP contribution is 2.17. The Morgan fingerprint density at radius 2 is 1.80 bits per heavy atom. The maximum atomic E-state index is 3.33. The lowest BCUT2D eigenvalue weighted by Crippen LogP contribution is -2.00. The van der Waals surface area contributed by atoms with Gasteiger partial charge < -0.3 is 0 Å². The summed E-state index contributed by atoms with van der Waals surface area (Å²) in [4.78, 5) is 0. The Labute approximate surface area is 95.8 Å². The van der Waals surface area contributed by atoms with Gasteiger partial charge in [-0.05, 0) is 42.7 Å². The van der Waals surface area contributed by atoms with Gasteiger partial charge in [-0.15, -0.1) is 5.73 Å². The predicted molar refractivity (Wildman–Crippen MR) is 69.9 cm³/mol. The van der Waals surface area contributed by atoms with Gasteiger partial charge in [0, 0.05) is 0 Å². The highest BCUT2D eigenvalue weighted by molar-refractivity contribution is 5.21. The van der Waals surface area contributed by atoms with E-state index in [9.17, 15) is 0 Å². The third kappa shape index (κ3) is 5.64. The van der Waals surface area contributed by atoms with E-state index in [1.54, 1.807) is 0 Å². The summed E-state index contributed by atoms with van der Waals surface area (Å²) >= 11 is 0. The Morgan fingerprint density at radius 1 is 1.20 bits per heavy atom. The second-order valence-corrected chi connectivity index (χ2v) is 4.66. The van der Waals surface area contributed by atoms with Crippen LogP contribution in [-0.4, -0.2) is 0 Å². The van der Waals surface area contributed by atoms with E-state index in [1.165, 1.54) is 12.0 Å². The van der Waals surface area contributed by atoms with Crippen molar-refractivity contribution < 1.29 is 0 Å². The Bertz CT molecular complexity index is 249. The van der Waals surface area contributed by atoms with Gasteiger partial charge in [0.15, 0.2) is 0 Å². The molecule has 86 valence electrons. The van der Waals surface area contributed by atoms with Crippen molar-refractivity contribution in [2.45, 2.75) is 48.0 Å². The molecule has 0 aromatic heterocycles. The van der Waals surface area contributed by atoms with Gasteiger partial charge in [-0.1, -0.05) is 46.8 Å². The summed E-state index contributed by atoms with van der Waals surface area (Å²) in [5.41, 5.74) is 4.66. The molecule has 0 radical (unpaired) electrons. The van der Waals surface area contributed by atoms with Crippen molar-refractivity contribution in [2.24, 2.45) is 17.8 Å². The average Bonchev–Trinajstić information content (AvgIpc) is 2.22.